The smallest absolute Gasteiger partial charge is 0.266 e. The molecule has 1 aliphatic carbocycles. The van der Waals surface area contributed by atoms with Crippen LogP contribution >= 0.6 is 0 Å². The summed E-state index contributed by atoms with van der Waals surface area (Å²) in [6.07, 6.45) is 7.84. The maximum atomic E-state index is 13.9. The highest BCUT2D eigenvalue weighted by Crippen LogP contribution is 2.21. The summed E-state index contributed by atoms with van der Waals surface area (Å²) in [5.74, 6) is -2.49. The van der Waals surface area contributed by atoms with Gasteiger partial charge in [-0.3, -0.25) is 9.52 Å². The molecule has 3 aromatic rings. The highest BCUT2D eigenvalue weighted by molar-refractivity contribution is 7.92. The number of amides is 1. The number of nitrogens with one attached hydrogen (secondary N) is 2. The van der Waals surface area contributed by atoms with Gasteiger partial charge in [0, 0.05) is 12.2 Å². The Morgan fingerprint density at radius 1 is 1.13 bits per heavy atom. The molecule has 0 atom stereocenters. The van der Waals surface area contributed by atoms with Crippen LogP contribution in [-0.2, 0) is 10.0 Å². The summed E-state index contributed by atoms with van der Waals surface area (Å²) in [7, 11) is -4.43. The Labute approximate surface area is 171 Å². The number of benzene rings is 1. The lowest BCUT2D eigenvalue weighted by molar-refractivity contribution is 0.0929. The third-order valence-electron chi connectivity index (χ3n) is 4.98. The summed E-state index contributed by atoms with van der Waals surface area (Å²) < 4.78 is 55.7. The second-order valence-corrected chi connectivity index (χ2v) is 8.78. The quantitative estimate of drug-likeness (QED) is 0.641. The van der Waals surface area contributed by atoms with Gasteiger partial charge in [0.05, 0.1) is 6.20 Å². The van der Waals surface area contributed by atoms with Crippen molar-refractivity contribution in [2.24, 2.45) is 0 Å². The van der Waals surface area contributed by atoms with Gasteiger partial charge in [-0.2, -0.15) is 5.10 Å². The van der Waals surface area contributed by atoms with E-state index in [1.165, 1.54) is 23.0 Å². The highest BCUT2D eigenvalue weighted by Gasteiger charge is 2.23. The average Bonchev–Trinajstić information content (AvgIpc) is 3.13. The van der Waals surface area contributed by atoms with Crippen LogP contribution in [0.3, 0.4) is 0 Å². The van der Waals surface area contributed by atoms with Crippen LogP contribution in [0.15, 0.2) is 41.6 Å². The van der Waals surface area contributed by atoms with Crippen LogP contribution in [0.2, 0.25) is 0 Å². The van der Waals surface area contributed by atoms with Crippen molar-refractivity contribution >= 4 is 27.4 Å². The van der Waals surface area contributed by atoms with Gasteiger partial charge >= 0.3 is 0 Å². The number of aromatic nitrogens is 3. The molecule has 158 valence electrons. The van der Waals surface area contributed by atoms with Crippen LogP contribution in [-0.4, -0.2) is 35.0 Å². The van der Waals surface area contributed by atoms with Crippen molar-refractivity contribution in [2.45, 2.75) is 43.0 Å². The molecule has 1 fully saturated rings. The number of halogens is 2. The van der Waals surface area contributed by atoms with E-state index in [9.17, 15) is 22.0 Å². The second-order valence-electron chi connectivity index (χ2n) is 7.13. The third kappa shape index (κ3) is 4.11. The lowest BCUT2D eigenvalue weighted by Crippen LogP contribution is -2.36. The van der Waals surface area contributed by atoms with Gasteiger partial charge < -0.3 is 5.32 Å². The normalized spacial score (nSPS) is 15.3. The number of carbonyl (C=O) groups is 1. The zero-order chi connectivity index (χ0) is 21.3. The van der Waals surface area contributed by atoms with E-state index in [-0.39, 0.29) is 29.0 Å². The van der Waals surface area contributed by atoms with E-state index in [2.05, 4.69) is 20.1 Å². The number of fused-ring (bicyclic) bond motifs is 1. The van der Waals surface area contributed by atoms with Crippen molar-refractivity contribution in [1.29, 1.82) is 0 Å². The largest absolute Gasteiger partial charge is 0.349 e. The molecular formula is C19H19F2N5O3S. The van der Waals surface area contributed by atoms with Gasteiger partial charge in [-0.05, 0) is 37.1 Å². The lowest BCUT2D eigenvalue weighted by Gasteiger charge is -2.22. The summed E-state index contributed by atoms with van der Waals surface area (Å²) in [4.78, 5) is 16.0. The zero-order valence-electron chi connectivity index (χ0n) is 15.8. The fourth-order valence-electron chi connectivity index (χ4n) is 3.47. The fourth-order valence-corrected chi connectivity index (χ4v) is 4.56. The first-order valence-electron chi connectivity index (χ1n) is 9.46. The van der Waals surface area contributed by atoms with Gasteiger partial charge in [0.2, 0.25) is 0 Å². The van der Waals surface area contributed by atoms with E-state index < -0.39 is 26.6 Å². The van der Waals surface area contributed by atoms with Crippen molar-refractivity contribution < 1.29 is 22.0 Å². The maximum Gasteiger partial charge on any atom is 0.266 e. The first kappa shape index (κ1) is 20.2. The Morgan fingerprint density at radius 2 is 1.90 bits per heavy atom. The van der Waals surface area contributed by atoms with Gasteiger partial charge in [0.15, 0.2) is 5.65 Å². The Balaban J connectivity index is 1.61. The number of anilines is 1. The number of hydrogen-bond acceptors (Lipinski definition) is 5. The van der Waals surface area contributed by atoms with Crippen LogP contribution in [0, 0.1) is 11.6 Å². The standard InChI is InChI=1S/C19H19F2N5O3S/c20-12-6-7-15(21)16(10-12)30(28,29)25-17-8-9-26-18(24-17)14(11-22-26)19(27)23-13-4-2-1-3-5-13/h6-11,13H,1-5H2,(H,23,27)(H,24,25). The fraction of sp³-hybridized carbons (Fsp3) is 0.316. The van der Waals surface area contributed by atoms with Crippen molar-refractivity contribution in [1.82, 2.24) is 19.9 Å². The minimum absolute atomic E-state index is 0.0823. The third-order valence-corrected chi connectivity index (χ3v) is 6.35. The van der Waals surface area contributed by atoms with Crippen molar-refractivity contribution in [3.05, 3.63) is 53.9 Å². The number of nitrogens with zero attached hydrogens (tertiary/aromatic N) is 3. The average molecular weight is 435 g/mol. The van der Waals surface area contributed by atoms with Crippen LogP contribution in [0.25, 0.3) is 5.65 Å². The van der Waals surface area contributed by atoms with Gasteiger partial charge in [-0.1, -0.05) is 19.3 Å². The Bertz CT molecular complexity index is 1210. The molecule has 0 radical (unpaired) electrons. The van der Waals surface area contributed by atoms with Crippen molar-refractivity contribution in [3.63, 3.8) is 0 Å². The topological polar surface area (TPSA) is 105 Å². The molecule has 0 saturated heterocycles. The van der Waals surface area contributed by atoms with E-state index in [1.54, 1.807) is 0 Å². The van der Waals surface area contributed by atoms with E-state index >= 15 is 0 Å². The summed E-state index contributed by atoms with van der Waals surface area (Å²) in [5, 5.41) is 7.02. The molecule has 0 unspecified atom stereocenters. The van der Waals surface area contributed by atoms with Crippen LogP contribution in [0.5, 0.6) is 0 Å². The summed E-state index contributed by atoms with van der Waals surface area (Å²) in [5.41, 5.74) is 0.335. The molecule has 0 spiro atoms. The molecule has 1 aromatic carbocycles. The predicted octanol–water partition coefficient (Wildman–Crippen LogP) is 2.87. The predicted molar refractivity (Wildman–Crippen MR) is 104 cm³/mol. The molecule has 11 heteroatoms. The highest BCUT2D eigenvalue weighted by atomic mass is 32.2. The van der Waals surface area contributed by atoms with Crippen molar-refractivity contribution in [2.75, 3.05) is 4.72 Å². The molecule has 0 aliphatic heterocycles. The molecule has 0 bridgehead atoms. The first-order chi connectivity index (χ1) is 14.3. The van der Waals surface area contributed by atoms with Crippen LogP contribution in [0.1, 0.15) is 42.5 Å². The van der Waals surface area contributed by atoms with Crippen molar-refractivity contribution in [3.8, 4) is 0 Å². The van der Waals surface area contributed by atoms with Crippen LogP contribution in [0.4, 0.5) is 14.6 Å². The molecule has 4 rings (SSSR count). The van der Waals surface area contributed by atoms with Crippen LogP contribution < -0.4 is 10.0 Å². The van der Waals surface area contributed by atoms with Gasteiger partial charge in [0.1, 0.15) is 27.9 Å². The molecular weight excluding hydrogens is 416 g/mol. The maximum absolute atomic E-state index is 13.9. The van der Waals surface area contributed by atoms with E-state index in [1.807, 2.05) is 0 Å². The van der Waals surface area contributed by atoms with E-state index in [0.717, 1.165) is 44.2 Å². The number of rotatable bonds is 5. The molecule has 8 nitrogen and oxygen atoms in total. The Hall–Kier alpha value is -3.08. The SMILES string of the molecule is O=C(NC1CCCCC1)c1cnn2ccc(NS(=O)(=O)c3cc(F)ccc3F)nc12. The molecule has 1 aliphatic rings. The van der Waals surface area contributed by atoms with Gasteiger partial charge in [-0.15, -0.1) is 0 Å². The molecule has 1 saturated carbocycles. The minimum Gasteiger partial charge on any atom is -0.349 e. The summed E-state index contributed by atoms with van der Waals surface area (Å²) >= 11 is 0. The number of carbonyl (C=O) groups excluding carboxylic acids is 1. The van der Waals surface area contributed by atoms with E-state index in [4.69, 9.17) is 0 Å². The lowest BCUT2D eigenvalue weighted by atomic mass is 9.95. The molecule has 30 heavy (non-hydrogen) atoms. The molecule has 2 heterocycles. The zero-order valence-corrected chi connectivity index (χ0v) is 16.6. The van der Waals surface area contributed by atoms with E-state index in [0.29, 0.717) is 6.07 Å². The minimum atomic E-state index is -4.43. The first-order valence-corrected chi connectivity index (χ1v) is 10.9. The summed E-state index contributed by atoms with van der Waals surface area (Å²) in [6, 6.07) is 3.52. The van der Waals surface area contributed by atoms with Gasteiger partial charge in [0.25, 0.3) is 15.9 Å². The van der Waals surface area contributed by atoms with Gasteiger partial charge in [-0.25, -0.2) is 26.7 Å². The molecule has 1 amide bonds. The number of sulfonamides is 1. The Kier molecular flexibility index (Phi) is 5.37. The Morgan fingerprint density at radius 3 is 2.67 bits per heavy atom. The number of hydrogen-bond donors (Lipinski definition) is 2. The molecule has 2 N–H and O–H groups in total. The monoisotopic (exact) mass is 435 g/mol. The second kappa shape index (κ2) is 7.98. The summed E-state index contributed by atoms with van der Waals surface area (Å²) in [6.45, 7) is 0. The molecule has 2 aromatic heterocycles.